The molecule has 0 rings (SSSR count). The van der Waals surface area contributed by atoms with Crippen LogP contribution >= 0.6 is 7.14 Å². The molecule has 106 valence electrons. The Morgan fingerprint density at radius 3 is 2.00 bits per heavy atom. The van der Waals surface area contributed by atoms with Crippen LogP contribution in [0.4, 0.5) is 0 Å². The minimum Gasteiger partial charge on any atom is -0.452 e. The second-order valence-electron chi connectivity index (χ2n) is 5.01. The van der Waals surface area contributed by atoms with Crippen molar-refractivity contribution in [3.05, 3.63) is 23.3 Å². The highest BCUT2D eigenvalue weighted by Crippen LogP contribution is 2.46. The Morgan fingerprint density at radius 1 is 1.16 bits per heavy atom. The predicted octanol–water partition coefficient (Wildman–Crippen LogP) is 3.46. The zero-order valence-electron chi connectivity index (χ0n) is 12.2. The molecule has 0 heterocycles. The summed E-state index contributed by atoms with van der Waals surface area (Å²) in [5.41, 5.74) is 2.18. The van der Waals surface area contributed by atoms with Gasteiger partial charge in [-0.2, -0.15) is 0 Å². The highest BCUT2D eigenvalue weighted by Gasteiger charge is 2.24. The van der Waals surface area contributed by atoms with Crippen molar-refractivity contribution in [3.63, 3.8) is 0 Å². The van der Waals surface area contributed by atoms with Crippen LogP contribution in [0.1, 0.15) is 27.7 Å². The molecule has 0 atom stereocenters. The Balaban J connectivity index is 4.80. The Labute approximate surface area is 116 Å². The van der Waals surface area contributed by atoms with E-state index in [1.807, 2.05) is 39.8 Å². The number of esters is 1. The van der Waals surface area contributed by atoms with Gasteiger partial charge in [-0.05, 0) is 27.7 Å². The van der Waals surface area contributed by atoms with E-state index in [9.17, 15) is 9.36 Å². The van der Waals surface area contributed by atoms with Crippen molar-refractivity contribution in [1.29, 1.82) is 0 Å². The largest absolute Gasteiger partial charge is 0.452 e. The Kier molecular flexibility index (Phi) is 8.19. The summed E-state index contributed by atoms with van der Waals surface area (Å²) < 4.78 is 17.6. The zero-order chi connectivity index (χ0) is 14.9. The van der Waals surface area contributed by atoms with Crippen molar-refractivity contribution in [1.82, 2.24) is 0 Å². The molecule has 0 radical (unpaired) electrons. The fraction of sp³-hybridized carbons (Fsp3) is 0.533. The maximum atomic E-state index is 12.8. The van der Waals surface area contributed by atoms with Crippen LogP contribution in [0.2, 0.25) is 0 Å². The van der Waals surface area contributed by atoms with Crippen molar-refractivity contribution < 1.29 is 14.1 Å². The fourth-order valence-electron chi connectivity index (χ4n) is 1.30. The molecule has 0 aliphatic rings. The van der Waals surface area contributed by atoms with Crippen LogP contribution < -0.4 is 0 Å². The van der Waals surface area contributed by atoms with Crippen molar-refractivity contribution in [2.24, 2.45) is 0 Å². The average molecular weight is 282 g/mol. The molecule has 0 unspecified atom stereocenters. The smallest absolute Gasteiger partial charge is 0.314 e. The highest BCUT2D eigenvalue weighted by molar-refractivity contribution is 7.65. The normalized spacial score (nSPS) is 10.3. The first-order valence-corrected chi connectivity index (χ1v) is 8.48. The number of hydrogen-bond donors (Lipinski definition) is 0. The van der Waals surface area contributed by atoms with E-state index in [2.05, 4.69) is 5.92 Å². The molecule has 0 aliphatic carbocycles. The van der Waals surface area contributed by atoms with Gasteiger partial charge < -0.3 is 9.30 Å². The second-order valence-corrected chi connectivity index (χ2v) is 8.17. The molecule has 3 nitrogen and oxygen atoms in total. The first kappa shape index (κ1) is 17.7. The Hall–Kier alpha value is -1.26. The molecule has 0 aromatic rings. The number of terminal acetylenes is 1. The minimum atomic E-state index is -2.62. The average Bonchev–Trinajstić information content (AvgIpc) is 2.32. The molecule has 4 heteroatoms. The first-order valence-electron chi connectivity index (χ1n) is 6.22. The van der Waals surface area contributed by atoms with Crippen molar-refractivity contribution in [3.8, 4) is 12.3 Å². The molecule has 0 N–H and O–H groups in total. The van der Waals surface area contributed by atoms with Crippen LogP contribution in [-0.2, 0) is 14.1 Å². The van der Waals surface area contributed by atoms with Gasteiger partial charge in [0.05, 0.1) is 6.16 Å². The molecule has 19 heavy (non-hydrogen) atoms. The first-order chi connectivity index (χ1) is 8.79. The molecule has 0 spiro atoms. The predicted molar refractivity (Wildman–Crippen MR) is 80.9 cm³/mol. The van der Waals surface area contributed by atoms with E-state index >= 15 is 0 Å². The molecule has 0 saturated carbocycles. The number of ether oxygens (including phenoxy) is 1. The standard InChI is InChI=1S/C15H23O3P/c1-6-9-18-15(16)12-19(17,10-7-13(2)3)11-8-14(4)5/h1,7-8H,9-12H2,2-5H3. The summed E-state index contributed by atoms with van der Waals surface area (Å²) >= 11 is 0. The van der Waals surface area contributed by atoms with Gasteiger partial charge in [0.1, 0.15) is 7.14 Å². The van der Waals surface area contributed by atoms with Crippen molar-refractivity contribution >= 4 is 13.1 Å². The van der Waals surface area contributed by atoms with E-state index in [0.29, 0.717) is 12.3 Å². The molecule has 0 fully saturated rings. The SMILES string of the molecule is C#CCOC(=O)CP(=O)(CC=C(C)C)CC=C(C)C. The number of rotatable bonds is 7. The highest BCUT2D eigenvalue weighted by atomic mass is 31.2. The van der Waals surface area contributed by atoms with E-state index in [1.165, 1.54) is 0 Å². The summed E-state index contributed by atoms with van der Waals surface area (Å²) in [6.07, 6.45) is 9.63. The van der Waals surface area contributed by atoms with Gasteiger partial charge in [0.15, 0.2) is 6.61 Å². The van der Waals surface area contributed by atoms with Crippen LogP contribution in [0.25, 0.3) is 0 Å². The van der Waals surface area contributed by atoms with Crippen LogP contribution in [0.5, 0.6) is 0 Å². The quantitative estimate of drug-likeness (QED) is 0.311. The van der Waals surface area contributed by atoms with Crippen molar-refractivity contribution in [2.45, 2.75) is 27.7 Å². The third-order valence-corrected chi connectivity index (χ3v) is 4.93. The molecule has 0 aromatic carbocycles. The van der Waals surface area contributed by atoms with E-state index in [4.69, 9.17) is 11.2 Å². The third kappa shape index (κ3) is 9.33. The maximum Gasteiger partial charge on any atom is 0.314 e. The van der Waals surface area contributed by atoms with Crippen LogP contribution in [0, 0.1) is 12.3 Å². The van der Waals surface area contributed by atoms with Gasteiger partial charge >= 0.3 is 5.97 Å². The monoisotopic (exact) mass is 282 g/mol. The second kappa shape index (κ2) is 8.77. The van der Waals surface area contributed by atoms with Gasteiger partial charge in [-0.25, -0.2) is 0 Å². The number of carbonyl (C=O) groups is 1. The van der Waals surface area contributed by atoms with Gasteiger partial charge in [0, 0.05) is 12.3 Å². The summed E-state index contributed by atoms with van der Waals surface area (Å²) in [5.74, 6) is 1.75. The lowest BCUT2D eigenvalue weighted by atomic mass is 10.3. The minimum absolute atomic E-state index is 0.0533. The van der Waals surface area contributed by atoms with Gasteiger partial charge in [-0.15, -0.1) is 6.42 Å². The van der Waals surface area contributed by atoms with Gasteiger partial charge in [-0.3, -0.25) is 4.79 Å². The van der Waals surface area contributed by atoms with Crippen LogP contribution in [0.15, 0.2) is 23.3 Å². The number of allylic oxidation sites excluding steroid dienone is 4. The number of hydrogen-bond acceptors (Lipinski definition) is 3. The lowest BCUT2D eigenvalue weighted by Crippen LogP contribution is -2.13. The summed E-state index contributed by atoms with van der Waals surface area (Å²) in [4.78, 5) is 11.6. The lowest BCUT2D eigenvalue weighted by Gasteiger charge is -2.14. The molecule has 0 saturated heterocycles. The number of carbonyl (C=O) groups excluding carboxylic acids is 1. The Bertz CT molecular complexity index is 421. The van der Waals surface area contributed by atoms with E-state index in [-0.39, 0.29) is 12.8 Å². The Morgan fingerprint density at radius 2 is 1.63 bits per heavy atom. The summed E-state index contributed by atoms with van der Waals surface area (Å²) in [6.45, 7) is 7.72. The van der Waals surface area contributed by atoms with E-state index in [0.717, 1.165) is 11.1 Å². The summed E-state index contributed by atoms with van der Waals surface area (Å²) in [5, 5.41) is 0. The maximum absolute atomic E-state index is 12.8. The summed E-state index contributed by atoms with van der Waals surface area (Å²) in [7, 11) is -2.62. The molecule has 0 aromatic heterocycles. The lowest BCUT2D eigenvalue weighted by molar-refractivity contribution is -0.139. The van der Waals surface area contributed by atoms with Crippen LogP contribution in [0.3, 0.4) is 0 Å². The zero-order valence-corrected chi connectivity index (χ0v) is 13.1. The molecule has 0 aliphatic heterocycles. The van der Waals surface area contributed by atoms with E-state index in [1.54, 1.807) is 0 Å². The molecule has 0 bridgehead atoms. The van der Waals surface area contributed by atoms with Gasteiger partial charge in [0.25, 0.3) is 0 Å². The third-order valence-electron chi connectivity index (χ3n) is 2.40. The summed E-state index contributed by atoms with van der Waals surface area (Å²) in [6, 6.07) is 0. The fourth-order valence-corrected chi connectivity index (χ4v) is 3.67. The van der Waals surface area contributed by atoms with Crippen molar-refractivity contribution in [2.75, 3.05) is 25.1 Å². The van der Waals surface area contributed by atoms with Crippen LogP contribution in [-0.4, -0.2) is 31.1 Å². The van der Waals surface area contributed by atoms with E-state index < -0.39 is 13.1 Å². The molecule has 0 amide bonds. The van der Waals surface area contributed by atoms with Gasteiger partial charge in [-0.1, -0.05) is 29.2 Å². The topological polar surface area (TPSA) is 43.4 Å². The molecular formula is C15H23O3P. The molecular weight excluding hydrogens is 259 g/mol. The van der Waals surface area contributed by atoms with Gasteiger partial charge in [0.2, 0.25) is 0 Å².